The maximum absolute atomic E-state index is 14.8. The Morgan fingerprint density at radius 2 is 1.02 bits per heavy atom. The average Bonchev–Trinajstić information content (AvgIpc) is 4.05. The summed E-state index contributed by atoms with van der Waals surface area (Å²) in [6, 6.07) is 18.2. The highest BCUT2D eigenvalue weighted by molar-refractivity contribution is 6.00. The Labute approximate surface area is 374 Å². The first-order valence-electron chi connectivity index (χ1n) is 22.0. The van der Waals surface area contributed by atoms with E-state index in [0.29, 0.717) is 55.8 Å². The van der Waals surface area contributed by atoms with Crippen molar-refractivity contribution >= 4 is 52.9 Å². The second kappa shape index (κ2) is 19.7. The fraction of sp³-hybridized carbons (Fsp3) is 0.500. The molecule has 3 heterocycles. The fourth-order valence-corrected chi connectivity index (χ4v) is 9.08. The molecule has 64 heavy (non-hydrogen) atoms. The maximum atomic E-state index is 14.8. The van der Waals surface area contributed by atoms with E-state index in [1.54, 1.807) is 6.07 Å². The van der Waals surface area contributed by atoms with Gasteiger partial charge in [0.25, 0.3) is 0 Å². The van der Waals surface area contributed by atoms with Crippen molar-refractivity contribution < 1.29 is 42.6 Å². The summed E-state index contributed by atoms with van der Waals surface area (Å²) in [7, 11) is 2.47. The molecule has 3 aromatic rings. The molecule has 3 saturated heterocycles. The first kappa shape index (κ1) is 47.3. The molecule has 0 aromatic heterocycles. The van der Waals surface area contributed by atoms with E-state index in [9.17, 15) is 33.2 Å². The van der Waals surface area contributed by atoms with Crippen LogP contribution < -0.4 is 26.2 Å². The smallest absolute Gasteiger partial charge is 0.407 e. The lowest BCUT2D eigenvalue weighted by molar-refractivity contribution is -0.140. The van der Waals surface area contributed by atoms with Crippen LogP contribution in [0.2, 0.25) is 0 Å². The van der Waals surface area contributed by atoms with E-state index in [2.05, 4.69) is 26.2 Å². The lowest BCUT2D eigenvalue weighted by Gasteiger charge is -2.35. The molecule has 0 bridgehead atoms. The molecule has 344 valence electrons. The number of hydrogen-bond donors (Lipinski definition) is 4. The second-order valence-electron chi connectivity index (χ2n) is 19.0. The SMILES string of the molecule is COC(=O)N[C@H](C(=O)N1CCC[C@H]1C(=O)Nc1ccc([C@@H]2CC[C@@H](c3ccc(NC(=O)[C@@H]4CCCN4C(=O)[C@@H](NC(=O)OC)C(C)(C)C)cc3)N2c2cccc(F)c2)cc1)C(C)(C)C. The molecule has 6 atom stereocenters. The van der Waals surface area contributed by atoms with Crippen molar-refractivity contribution in [1.82, 2.24) is 20.4 Å². The minimum absolute atomic E-state index is 0.132. The van der Waals surface area contributed by atoms with Crippen molar-refractivity contribution in [2.75, 3.05) is 42.8 Å². The molecule has 3 aliphatic rings. The number of rotatable bonds is 11. The van der Waals surface area contributed by atoms with Gasteiger partial charge in [0.05, 0.1) is 26.3 Å². The molecular formula is C48H62FN7O8. The van der Waals surface area contributed by atoms with Gasteiger partial charge in [-0.05, 0) is 103 Å². The van der Waals surface area contributed by atoms with Gasteiger partial charge >= 0.3 is 12.2 Å². The van der Waals surface area contributed by atoms with Gasteiger partial charge in [-0.2, -0.15) is 0 Å². The number of likely N-dealkylation sites (tertiary alicyclic amines) is 2. The van der Waals surface area contributed by atoms with Crippen LogP contribution in [0, 0.1) is 16.6 Å². The molecular weight excluding hydrogens is 822 g/mol. The number of amides is 6. The van der Waals surface area contributed by atoms with Crippen LogP contribution in [-0.2, 0) is 28.7 Å². The Morgan fingerprint density at radius 1 is 0.609 bits per heavy atom. The number of benzene rings is 3. The largest absolute Gasteiger partial charge is 0.453 e. The number of nitrogens with zero attached hydrogens (tertiary/aromatic N) is 3. The maximum Gasteiger partial charge on any atom is 0.407 e. The summed E-state index contributed by atoms with van der Waals surface area (Å²) in [5.41, 5.74) is 2.53. The van der Waals surface area contributed by atoms with Gasteiger partial charge in [-0.1, -0.05) is 71.9 Å². The lowest BCUT2D eigenvalue weighted by atomic mass is 9.85. The molecule has 0 unspecified atom stereocenters. The van der Waals surface area contributed by atoms with Crippen molar-refractivity contribution in [1.29, 1.82) is 0 Å². The van der Waals surface area contributed by atoms with Crippen LogP contribution in [0.1, 0.15) is 103 Å². The highest BCUT2D eigenvalue weighted by atomic mass is 19.1. The van der Waals surface area contributed by atoms with Gasteiger partial charge in [-0.15, -0.1) is 0 Å². The summed E-state index contributed by atoms with van der Waals surface area (Å²) in [4.78, 5) is 84.3. The topological polar surface area (TPSA) is 179 Å². The normalized spacial score (nSPS) is 20.9. The third-order valence-corrected chi connectivity index (χ3v) is 12.4. The molecule has 0 saturated carbocycles. The van der Waals surface area contributed by atoms with Gasteiger partial charge in [0.15, 0.2) is 0 Å². The molecule has 0 spiro atoms. The third-order valence-electron chi connectivity index (χ3n) is 12.4. The van der Waals surface area contributed by atoms with Crippen molar-refractivity contribution in [3.63, 3.8) is 0 Å². The van der Waals surface area contributed by atoms with Crippen LogP contribution in [0.25, 0.3) is 0 Å². The highest BCUT2D eigenvalue weighted by Gasteiger charge is 2.44. The van der Waals surface area contributed by atoms with E-state index in [-0.39, 0.29) is 41.5 Å². The van der Waals surface area contributed by atoms with Crippen molar-refractivity contribution in [3.05, 3.63) is 89.7 Å². The molecule has 0 aliphatic carbocycles. The average molecular weight is 884 g/mol. The Morgan fingerprint density at radius 3 is 1.38 bits per heavy atom. The van der Waals surface area contributed by atoms with Crippen LogP contribution in [-0.4, -0.2) is 97.1 Å². The van der Waals surface area contributed by atoms with Crippen LogP contribution >= 0.6 is 0 Å². The quantitative estimate of drug-likeness (QED) is 0.154. The first-order valence-corrected chi connectivity index (χ1v) is 22.0. The van der Waals surface area contributed by atoms with Crippen LogP contribution in [0.15, 0.2) is 72.8 Å². The van der Waals surface area contributed by atoms with Gasteiger partial charge in [-0.3, -0.25) is 19.2 Å². The predicted octanol–water partition coefficient (Wildman–Crippen LogP) is 7.31. The summed E-state index contributed by atoms with van der Waals surface area (Å²) in [5.74, 6) is -1.68. The Bertz CT molecular complexity index is 2060. The predicted molar refractivity (Wildman–Crippen MR) is 241 cm³/mol. The number of alkyl carbamates (subject to hydrolysis) is 2. The number of hydrogen-bond acceptors (Lipinski definition) is 9. The van der Waals surface area contributed by atoms with E-state index >= 15 is 0 Å². The third kappa shape index (κ3) is 10.8. The molecule has 3 aromatic carbocycles. The molecule has 6 amide bonds. The zero-order valence-electron chi connectivity index (χ0n) is 38.0. The van der Waals surface area contributed by atoms with E-state index < -0.39 is 47.2 Å². The van der Waals surface area contributed by atoms with Gasteiger partial charge < -0.3 is 45.4 Å². The van der Waals surface area contributed by atoms with Gasteiger partial charge in [0, 0.05) is 30.2 Å². The summed E-state index contributed by atoms with van der Waals surface area (Å²) in [5, 5.41) is 11.3. The summed E-state index contributed by atoms with van der Waals surface area (Å²) in [6.45, 7) is 11.8. The van der Waals surface area contributed by atoms with Gasteiger partial charge in [-0.25, -0.2) is 14.0 Å². The van der Waals surface area contributed by atoms with E-state index in [0.717, 1.165) is 24.0 Å². The molecule has 3 aliphatic heterocycles. The van der Waals surface area contributed by atoms with Crippen LogP contribution in [0.3, 0.4) is 0 Å². The van der Waals surface area contributed by atoms with Crippen LogP contribution in [0.4, 0.5) is 31.0 Å². The molecule has 16 heteroatoms. The standard InChI is InChI=1S/C48H62FN7O8/c1-47(2,3)39(52-45(61)63-7)43(59)54-26-10-14-37(54)41(57)50-32-20-16-29(17-21-32)35-24-25-36(56(35)34-13-9-12-31(49)28-34)30-18-22-33(23-19-30)51-42(58)38-15-11-27-55(38)44(60)40(48(4,5)6)53-46(62)64-8/h9,12-13,16-23,28,35-40H,10-11,14-15,24-27H2,1-8H3,(H,50,57)(H,51,58)(H,52,61)(H,53,62)/t35-,36-,37-,38-,39+,40+/m0/s1. The number of halogens is 1. The number of nitrogens with one attached hydrogen (secondary N) is 4. The van der Waals surface area contributed by atoms with E-state index in [4.69, 9.17) is 9.47 Å². The zero-order valence-corrected chi connectivity index (χ0v) is 38.0. The molecule has 0 radical (unpaired) electrons. The van der Waals surface area contributed by atoms with Crippen molar-refractivity contribution in [2.45, 2.75) is 116 Å². The number of anilines is 3. The minimum Gasteiger partial charge on any atom is -0.453 e. The summed E-state index contributed by atoms with van der Waals surface area (Å²) >= 11 is 0. The molecule has 4 N–H and O–H groups in total. The van der Waals surface area contributed by atoms with Crippen molar-refractivity contribution in [2.24, 2.45) is 10.8 Å². The minimum atomic E-state index is -0.888. The number of carbonyl (C=O) groups excluding carboxylic acids is 6. The number of methoxy groups -OCH3 is 2. The van der Waals surface area contributed by atoms with E-state index in [1.807, 2.05) is 96.1 Å². The summed E-state index contributed by atoms with van der Waals surface area (Å²) < 4.78 is 24.3. The molecule has 3 fully saturated rings. The summed E-state index contributed by atoms with van der Waals surface area (Å²) in [6.07, 6.45) is 2.34. The monoisotopic (exact) mass is 883 g/mol. The number of carbonyl (C=O) groups is 6. The zero-order chi connectivity index (χ0) is 46.5. The Kier molecular flexibility index (Phi) is 14.5. The lowest BCUT2D eigenvalue weighted by Crippen LogP contribution is -2.57. The fourth-order valence-electron chi connectivity index (χ4n) is 9.08. The van der Waals surface area contributed by atoms with Crippen LogP contribution in [0.5, 0.6) is 0 Å². The second-order valence-corrected chi connectivity index (χ2v) is 19.0. The molecule has 6 rings (SSSR count). The number of ether oxygens (including phenoxy) is 2. The van der Waals surface area contributed by atoms with Crippen molar-refractivity contribution in [3.8, 4) is 0 Å². The first-order chi connectivity index (χ1) is 30.3. The Hall–Kier alpha value is -6.19. The van der Waals surface area contributed by atoms with E-state index in [1.165, 1.54) is 36.2 Å². The Balaban J connectivity index is 1.14. The molecule has 15 nitrogen and oxygen atoms in total. The highest BCUT2D eigenvalue weighted by Crippen LogP contribution is 2.47. The van der Waals surface area contributed by atoms with Gasteiger partial charge in [0.2, 0.25) is 23.6 Å². The van der Waals surface area contributed by atoms with Gasteiger partial charge in [0.1, 0.15) is 30.0 Å².